The molecular formula is C15H13NO4S. The van der Waals surface area contributed by atoms with Crippen LogP contribution in [0.2, 0.25) is 0 Å². The van der Waals surface area contributed by atoms with Crippen LogP contribution >= 0.6 is 0 Å². The number of benzene rings is 2. The van der Waals surface area contributed by atoms with Gasteiger partial charge in [0.15, 0.2) is 0 Å². The Bertz CT molecular complexity index is 725. The summed E-state index contributed by atoms with van der Waals surface area (Å²) >= 11 is 0. The number of rotatable bonds is 5. The molecule has 1 N–H and O–H groups in total. The van der Waals surface area contributed by atoms with Gasteiger partial charge >= 0.3 is 5.97 Å². The molecule has 108 valence electrons. The average Bonchev–Trinajstić information content (AvgIpc) is 2.53. The SMILES string of the molecule is O=C(/C=C/c1ccccc1)ONS(=O)(=O)c1ccccc1. The van der Waals surface area contributed by atoms with E-state index in [4.69, 9.17) is 0 Å². The van der Waals surface area contributed by atoms with Crippen molar-refractivity contribution in [1.29, 1.82) is 0 Å². The van der Waals surface area contributed by atoms with Crippen molar-refractivity contribution in [3.8, 4) is 0 Å². The quantitative estimate of drug-likeness (QED) is 0.678. The first-order valence-corrected chi connectivity index (χ1v) is 7.57. The molecule has 0 aliphatic rings. The molecule has 0 aliphatic carbocycles. The molecule has 0 bridgehead atoms. The maximum absolute atomic E-state index is 11.8. The van der Waals surface area contributed by atoms with Gasteiger partial charge in [-0.2, -0.15) is 0 Å². The highest BCUT2D eigenvalue weighted by atomic mass is 32.2. The molecule has 2 aromatic rings. The third-order valence-corrected chi connectivity index (χ3v) is 3.71. The minimum absolute atomic E-state index is 0.0184. The molecule has 0 aromatic heterocycles. The van der Waals surface area contributed by atoms with E-state index in [1.165, 1.54) is 18.2 Å². The summed E-state index contributed by atoms with van der Waals surface area (Å²) in [5.41, 5.74) is 0.806. The molecule has 0 saturated carbocycles. The summed E-state index contributed by atoms with van der Waals surface area (Å²) in [6.07, 6.45) is 2.67. The maximum atomic E-state index is 11.8. The number of hydrogen-bond donors (Lipinski definition) is 1. The summed E-state index contributed by atoms with van der Waals surface area (Å²) < 4.78 is 23.6. The molecule has 0 fully saturated rings. The van der Waals surface area contributed by atoms with Crippen LogP contribution in [0.5, 0.6) is 0 Å². The average molecular weight is 303 g/mol. The zero-order valence-corrected chi connectivity index (χ0v) is 11.8. The molecule has 2 rings (SSSR count). The first-order valence-electron chi connectivity index (χ1n) is 6.09. The van der Waals surface area contributed by atoms with Gasteiger partial charge in [0, 0.05) is 6.08 Å². The molecule has 5 nitrogen and oxygen atoms in total. The molecule has 0 spiro atoms. The van der Waals surface area contributed by atoms with Crippen LogP contribution in [0.25, 0.3) is 6.08 Å². The standard InChI is InChI=1S/C15H13NO4S/c17-15(12-11-13-7-3-1-4-8-13)20-16-21(18,19)14-9-5-2-6-10-14/h1-12,16H/b12-11+. The summed E-state index contributed by atoms with van der Waals surface area (Å²) in [4.78, 5) is 17.8. The third kappa shape index (κ3) is 4.55. The third-order valence-electron chi connectivity index (χ3n) is 2.52. The smallest absolute Gasteiger partial charge is 0.350 e. The summed E-state index contributed by atoms with van der Waals surface area (Å²) in [6, 6.07) is 16.7. The number of hydrogen-bond acceptors (Lipinski definition) is 4. The van der Waals surface area contributed by atoms with Gasteiger partial charge in [-0.05, 0) is 28.7 Å². The van der Waals surface area contributed by atoms with Gasteiger partial charge in [0.1, 0.15) is 0 Å². The van der Waals surface area contributed by atoms with Crippen LogP contribution in [0, 0.1) is 0 Å². The van der Waals surface area contributed by atoms with E-state index in [9.17, 15) is 13.2 Å². The second kappa shape index (κ2) is 6.83. The van der Waals surface area contributed by atoms with Crippen LogP contribution < -0.4 is 4.89 Å². The second-order valence-electron chi connectivity index (χ2n) is 4.06. The zero-order valence-electron chi connectivity index (χ0n) is 11.0. The van der Waals surface area contributed by atoms with Crippen LogP contribution in [0.15, 0.2) is 71.6 Å². The number of carbonyl (C=O) groups is 1. The number of carbonyl (C=O) groups excluding carboxylic acids is 1. The van der Waals surface area contributed by atoms with Crippen LogP contribution in [-0.4, -0.2) is 14.4 Å². The minimum atomic E-state index is -3.87. The minimum Gasteiger partial charge on any atom is -0.352 e. The molecule has 21 heavy (non-hydrogen) atoms. The van der Waals surface area contributed by atoms with E-state index in [1.54, 1.807) is 35.2 Å². The summed E-state index contributed by atoms with van der Waals surface area (Å²) in [5, 5.41) is 0. The van der Waals surface area contributed by atoms with Crippen molar-refractivity contribution in [1.82, 2.24) is 4.89 Å². The van der Waals surface area contributed by atoms with Crippen molar-refractivity contribution in [2.75, 3.05) is 0 Å². The van der Waals surface area contributed by atoms with Gasteiger partial charge in [-0.3, -0.25) is 0 Å². The van der Waals surface area contributed by atoms with Gasteiger partial charge in [0.2, 0.25) is 0 Å². The summed E-state index contributed by atoms with van der Waals surface area (Å²) in [7, 11) is -3.87. The fourth-order valence-electron chi connectivity index (χ4n) is 1.51. The predicted octanol–water partition coefficient (Wildman–Crippen LogP) is 2.14. The molecule has 0 radical (unpaired) electrons. The van der Waals surface area contributed by atoms with E-state index in [1.807, 2.05) is 18.2 Å². The van der Waals surface area contributed by atoms with Crippen molar-refractivity contribution in [2.24, 2.45) is 0 Å². The molecule has 0 heterocycles. The Morgan fingerprint density at radius 1 is 0.952 bits per heavy atom. The predicted molar refractivity (Wildman–Crippen MR) is 78.3 cm³/mol. The Balaban J connectivity index is 1.94. The van der Waals surface area contributed by atoms with Crippen molar-refractivity contribution < 1.29 is 18.0 Å². The fourth-order valence-corrected chi connectivity index (χ4v) is 2.31. The van der Waals surface area contributed by atoms with Crippen LogP contribution in [0.1, 0.15) is 5.56 Å². The Labute approximate surface area is 122 Å². The van der Waals surface area contributed by atoms with E-state index in [2.05, 4.69) is 4.84 Å². The largest absolute Gasteiger partial charge is 0.352 e. The van der Waals surface area contributed by atoms with Gasteiger partial charge in [0.05, 0.1) is 4.90 Å². The van der Waals surface area contributed by atoms with Crippen molar-refractivity contribution >= 4 is 22.1 Å². The van der Waals surface area contributed by atoms with Crippen molar-refractivity contribution in [3.05, 3.63) is 72.3 Å². The first kappa shape index (κ1) is 15.0. The van der Waals surface area contributed by atoms with Crippen LogP contribution in [-0.2, 0) is 19.7 Å². The first-order chi connectivity index (χ1) is 10.1. The van der Waals surface area contributed by atoms with E-state index in [0.717, 1.165) is 11.6 Å². The molecule has 0 unspecified atom stereocenters. The summed E-state index contributed by atoms with van der Waals surface area (Å²) in [5.74, 6) is -0.807. The maximum Gasteiger partial charge on any atom is 0.350 e. The van der Waals surface area contributed by atoms with E-state index < -0.39 is 16.0 Å². The van der Waals surface area contributed by atoms with E-state index in [-0.39, 0.29) is 4.90 Å². The highest BCUT2D eigenvalue weighted by Crippen LogP contribution is 2.07. The zero-order chi connectivity index (χ0) is 15.1. The van der Waals surface area contributed by atoms with Crippen LogP contribution in [0.4, 0.5) is 0 Å². The highest BCUT2D eigenvalue weighted by molar-refractivity contribution is 7.89. The van der Waals surface area contributed by atoms with Gasteiger partial charge < -0.3 is 4.84 Å². The topological polar surface area (TPSA) is 72.5 Å². The Morgan fingerprint density at radius 2 is 1.52 bits per heavy atom. The van der Waals surface area contributed by atoms with Gasteiger partial charge in [-0.1, -0.05) is 48.5 Å². The molecule has 0 saturated heterocycles. The van der Waals surface area contributed by atoms with E-state index in [0.29, 0.717) is 0 Å². The molecule has 0 atom stereocenters. The lowest BCUT2D eigenvalue weighted by molar-refractivity contribution is -0.141. The fraction of sp³-hybridized carbons (Fsp3) is 0. The van der Waals surface area contributed by atoms with Gasteiger partial charge in [0.25, 0.3) is 10.0 Å². The van der Waals surface area contributed by atoms with Crippen molar-refractivity contribution in [3.63, 3.8) is 0 Å². The molecule has 2 aromatic carbocycles. The molecule has 6 heteroatoms. The molecule has 0 aliphatic heterocycles. The van der Waals surface area contributed by atoms with E-state index >= 15 is 0 Å². The Kier molecular flexibility index (Phi) is 4.86. The number of nitrogens with one attached hydrogen (secondary N) is 1. The Morgan fingerprint density at radius 3 is 2.14 bits per heavy atom. The lowest BCUT2D eigenvalue weighted by Crippen LogP contribution is -2.26. The Hall–Kier alpha value is -2.44. The lowest BCUT2D eigenvalue weighted by Gasteiger charge is -2.04. The lowest BCUT2D eigenvalue weighted by atomic mass is 10.2. The normalized spacial score (nSPS) is 11.4. The highest BCUT2D eigenvalue weighted by Gasteiger charge is 2.14. The second-order valence-corrected chi connectivity index (χ2v) is 5.71. The molecular weight excluding hydrogens is 290 g/mol. The van der Waals surface area contributed by atoms with Gasteiger partial charge in [-0.25, -0.2) is 13.2 Å². The van der Waals surface area contributed by atoms with Gasteiger partial charge in [-0.15, -0.1) is 0 Å². The number of sulfonamides is 1. The monoisotopic (exact) mass is 303 g/mol. The van der Waals surface area contributed by atoms with Crippen molar-refractivity contribution in [2.45, 2.75) is 4.90 Å². The molecule has 0 amide bonds. The van der Waals surface area contributed by atoms with Crippen LogP contribution in [0.3, 0.4) is 0 Å². The summed E-state index contributed by atoms with van der Waals surface area (Å²) in [6.45, 7) is 0.